The van der Waals surface area contributed by atoms with Crippen LogP contribution in [-0.2, 0) is 20.7 Å². The van der Waals surface area contributed by atoms with Gasteiger partial charge in [-0.15, -0.1) is 0 Å². The molecular weight excluding hydrogens is 492 g/mol. The number of benzene rings is 1. The molecule has 0 aliphatic carbocycles. The Morgan fingerprint density at radius 2 is 1.91 bits per heavy atom. The van der Waals surface area contributed by atoms with E-state index in [1.165, 1.54) is 0 Å². The van der Waals surface area contributed by atoms with Crippen LogP contribution in [0.25, 0.3) is 0 Å². The summed E-state index contributed by atoms with van der Waals surface area (Å²) >= 11 is 3.43. The Morgan fingerprint density at radius 3 is 2.55 bits per heavy atom. The van der Waals surface area contributed by atoms with E-state index in [1.54, 1.807) is 18.9 Å². The molecule has 0 radical (unpaired) electrons. The third-order valence-corrected chi connectivity index (χ3v) is 6.71. The summed E-state index contributed by atoms with van der Waals surface area (Å²) in [6, 6.07) is 5.47. The molecule has 3 amide bonds. The van der Waals surface area contributed by atoms with Gasteiger partial charge in [0.05, 0.1) is 20.1 Å². The Morgan fingerprint density at radius 1 is 1.21 bits per heavy atom. The average Bonchev–Trinajstić information content (AvgIpc) is 2.80. The van der Waals surface area contributed by atoms with Gasteiger partial charge in [0.2, 0.25) is 11.8 Å². The molecule has 2 saturated heterocycles. The predicted molar refractivity (Wildman–Crippen MR) is 127 cm³/mol. The fourth-order valence-corrected chi connectivity index (χ4v) is 4.78. The van der Waals surface area contributed by atoms with Gasteiger partial charge < -0.3 is 30.3 Å². The van der Waals surface area contributed by atoms with E-state index in [4.69, 9.17) is 9.47 Å². The number of nitrogens with zero attached hydrogens (tertiary/aromatic N) is 1. The highest BCUT2D eigenvalue weighted by Gasteiger charge is 2.42. The molecular formula is C23H33BrN4O5. The first-order chi connectivity index (χ1) is 15.9. The van der Waals surface area contributed by atoms with Crippen LogP contribution < -0.4 is 20.7 Å². The van der Waals surface area contributed by atoms with E-state index in [-0.39, 0.29) is 30.4 Å². The van der Waals surface area contributed by atoms with Crippen molar-refractivity contribution in [3.8, 4) is 5.75 Å². The quantitative estimate of drug-likeness (QED) is 0.503. The number of carbonyl (C=O) groups excluding carboxylic acids is 3. The molecule has 9 nitrogen and oxygen atoms in total. The van der Waals surface area contributed by atoms with E-state index in [9.17, 15) is 14.4 Å². The van der Waals surface area contributed by atoms with Crippen LogP contribution >= 0.6 is 15.9 Å². The van der Waals surface area contributed by atoms with Crippen molar-refractivity contribution in [1.82, 2.24) is 20.9 Å². The topological polar surface area (TPSA) is 109 Å². The molecule has 2 fully saturated rings. The molecule has 33 heavy (non-hydrogen) atoms. The molecule has 3 rings (SSSR count). The van der Waals surface area contributed by atoms with E-state index >= 15 is 0 Å². The van der Waals surface area contributed by atoms with Gasteiger partial charge in [-0.3, -0.25) is 9.59 Å². The number of amides is 3. The molecule has 3 N–H and O–H groups in total. The highest BCUT2D eigenvalue weighted by molar-refractivity contribution is 9.10. The summed E-state index contributed by atoms with van der Waals surface area (Å²) in [5.74, 6) is 0.249. The van der Waals surface area contributed by atoms with Gasteiger partial charge in [-0.1, -0.05) is 15.9 Å². The molecule has 182 valence electrons. The highest BCUT2D eigenvalue weighted by Crippen LogP contribution is 2.25. The molecule has 10 heteroatoms. The van der Waals surface area contributed by atoms with Gasteiger partial charge in [-0.05, 0) is 63.9 Å². The van der Waals surface area contributed by atoms with Crippen LogP contribution in [0.3, 0.4) is 0 Å². The molecule has 1 aromatic rings. The summed E-state index contributed by atoms with van der Waals surface area (Å²) < 4.78 is 11.3. The number of likely N-dealkylation sites (tertiary alicyclic amines) is 1. The van der Waals surface area contributed by atoms with E-state index in [1.807, 2.05) is 18.2 Å². The van der Waals surface area contributed by atoms with Crippen molar-refractivity contribution < 1.29 is 23.9 Å². The fraction of sp³-hybridized carbons (Fsp3) is 0.609. The Balaban J connectivity index is 1.62. The zero-order valence-electron chi connectivity index (χ0n) is 19.2. The minimum absolute atomic E-state index is 0.0444. The van der Waals surface area contributed by atoms with Crippen LogP contribution in [0.4, 0.5) is 4.79 Å². The molecule has 0 atom stereocenters. The number of halogens is 1. The third-order valence-electron chi connectivity index (χ3n) is 6.22. The molecule has 1 aromatic carbocycles. The van der Waals surface area contributed by atoms with Gasteiger partial charge in [0.1, 0.15) is 11.3 Å². The minimum Gasteiger partial charge on any atom is -0.496 e. The van der Waals surface area contributed by atoms with Crippen molar-refractivity contribution in [2.75, 3.05) is 39.9 Å². The minimum atomic E-state index is -0.958. The maximum absolute atomic E-state index is 13.4. The zero-order valence-corrected chi connectivity index (χ0v) is 20.8. The fourth-order valence-electron chi connectivity index (χ4n) is 4.38. The molecule has 2 aliphatic rings. The first-order valence-electron chi connectivity index (χ1n) is 11.4. The standard InChI is InChI=1S/C23H33BrN4O5/c1-3-33-22(31)28-12-6-18(7-13-28)26-21(30)23(8-10-25-11-9-23)27-20(29)15-16-14-17(24)4-5-19(16)32-2/h4-5,14,18,25H,3,6-13,15H2,1-2H3,(H,26,30)(H,27,29). The number of ether oxygens (including phenoxy) is 2. The lowest BCUT2D eigenvalue weighted by molar-refractivity contribution is -0.135. The van der Waals surface area contributed by atoms with Gasteiger partial charge in [0.25, 0.3) is 0 Å². The average molecular weight is 525 g/mol. The summed E-state index contributed by atoms with van der Waals surface area (Å²) in [6.45, 7) is 4.49. The predicted octanol–water partition coefficient (Wildman–Crippen LogP) is 1.98. The monoisotopic (exact) mass is 524 g/mol. The maximum Gasteiger partial charge on any atom is 0.409 e. The second kappa shape index (κ2) is 11.7. The molecule has 0 saturated carbocycles. The lowest BCUT2D eigenvalue weighted by Crippen LogP contribution is -2.64. The van der Waals surface area contributed by atoms with Gasteiger partial charge in [-0.2, -0.15) is 0 Å². The van der Waals surface area contributed by atoms with Crippen LogP contribution in [0.1, 0.15) is 38.2 Å². The number of hydrogen-bond acceptors (Lipinski definition) is 6. The zero-order chi connectivity index (χ0) is 23.8. The van der Waals surface area contributed by atoms with E-state index in [0.717, 1.165) is 10.0 Å². The summed E-state index contributed by atoms with van der Waals surface area (Å²) in [4.78, 5) is 40.0. The van der Waals surface area contributed by atoms with Crippen molar-refractivity contribution in [2.24, 2.45) is 0 Å². The van der Waals surface area contributed by atoms with Crippen LogP contribution in [0.5, 0.6) is 5.75 Å². The van der Waals surface area contributed by atoms with Crippen molar-refractivity contribution in [3.63, 3.8) is 0 Å². The van der Waals surface area contributed by atoms with Crippen LogP contribution in [-0.4, -0.2) is 74.3 Å². The molecule has 2 aliphatic heterocycles. The number of methoxy groups -OCH3 is 1. The summed E-state index contributed by atoms with van der Waals surface area (Å²) in [5, 5.41) is 9.43. The Hall–Kier alpha value is -2.33. The molecule has 0 unspecified atom stereocenters. The van der Waals surface area contributed by atoms with Crippen LogP contribution in [0.2, 0.25) is 0 Å². The molecule has 2 heterocycles. The SMILES string of the molecule is CCOC(=O)N1CCC(NC(=O)C2(NC(=O)Cc3cc(Br)ccc3OC)CCNCC2)CC1. The Bertz CT molecular complexity index is 851. The number of carbonyl (C=O) groups is 3. The van der Waals surface area contributed by atoms with Gasteiger partial charge in [0.15, 0.2) is 0 Å². The second-order valence-electron chi connectivity index (χ2n) is 8.45. The Kier molecular flexibility index (Phi) is 8.96. The first kappa shape index (κ1) is 25.3. The van der Waals surface area contributed by atoms with Crippen molar-refractivity contribution in [3.05, 3.63) is 28.2 Å². The molecule has 0 aromatic heterocycles. The molecule has 0 bridgehead atoms. The largest absolute Gasteiger partial charge is 0.496 e. The van der Waals surface area contributed by atoms with Crippen molar-refractivity contribution in [2.45, 2.75) is 50.6 Å². The second-order valence-corrected chi connectivity index (χ2v) is 9.36. The first-order valence-corrected chi connectivity index (χ1v) is 12.2. The number of piperidine rings is 2. The van der Waals surface area contributed by atoms with Crippen molar-refractivity contribution >= 4 is 33.8 Å². The van der Waals surface area contributed by atoms with E-state index in [2.05, 4.69) is 31.9 Å². The Labute approximate surface area is 203 Å². The van der Waals surface area contributed by atoms with E-state index in [0.29, 0.717) is 64.2 Å². The highest BCUT2D eigenvalue weighted by atomic mass is 79.9. The van der Waals surface area contributed by atoms with Gasteiger partial charge in [-0.25, -0.2) is 4.79 Å². The number of rotatable bonds is 7. The summed E-state index contributed by atoms with van der Waals surface area (Å²) in [5.41, 5.74) is -0.208. The normalized spacial score (nSPS) is 18.3. The van der Waals surface area contributed by atoms with Crippen molar-refractivity contribution in [1.29, 1.82) is 0 Å². The van der Waals surface area contributed by atoms with Gasteiger partial charge >= 0.3 is 6.09 Å². The van der Waals surface area contributed by atoms with E-state index < -0.39 is 5.54 Å². The summed E-state index contributed by atoms with van der Waals surface area (Å²) in [6.07, 6.45) is 2.14. The third kappa shape index (κ3) is 6.60. The summed E-state index contributed by atoms with van der Waals surface area (Å²) in [7, 11) is 1.57. The van der Waals surface area contributed by atoms with Gasteiger partial charge in [0, 0.05) is 29.2 Å². The number of hydrogen-bond donors (Lipinski definition) is 3. The van der Waals surface area contributed by atoms with Crippen LogP contribution in [0.15, 0.2) is 22.7 Å². The maximum atomic E-state index is 13.4. The smallest absolute Gasteiger partial charge is 0.409 e. The van der Waals surface area contributed by atoms with Crippen LogP contribution in [0, 0.1) is 0 Å². The molecule has 0 spiro atoms. The lowest BCUT2D eigenvalue weighted by Gasteiger charge is -2.39. The lowest BCUT2D eigenvalue weighted by atomic mass is 9.86. The number of nitrogens with one attached hydrogen (secondary N) is 3.